The van der Waals surface area contributed by atoms with Gasteiger partial charge in [-0.15, -0.1) is 0 Å². The first-order valence-corrected chi connectivity index (χ1v) is 2.48. The van der Waals surface area contributed by atoms with E-state index in [2.05, 4.69) is 10.3 Å². The van der Waals surface area contributed by atoms with Crippen molar-refractivity contribution >= 4 is 5.82 Å². The van der Waals surface area contributed by atoms with Gasteiger partial charge >= 0.3 is 0 Å². The summed E-state index contributed by atoms with van der Waals surface area (Å²) in [5, 5.41) is 2.92. The molecule has 0 saturated heterocycles. The summed E-state index contributed by atoms with van der Waals surface area (Å²) in [6, 6.07) is 0. The van der Waals surface area contributed by atoms with Crippen LogP contribution in [0.5, 0.6) is 0 Å². The normalized spacial score (nSPS) is 9.25. The van der Waals surface area contributed by atoms with Crippen molar-refractivity contribution < 1.29 is 0 Å². The van der Waals surface area contributed by atoms with Gasteiger partial charge in [0, 0.05) is 20.3 Å². The van der Waals surface area contributed by atoms with Crippen molar-refractivity contribution in [2.24, 2.45) is 7.05 Å². The smallest absolute Gasteiger partial charge is 0.143 e. The summed E-state index contributed by atoms with van der Waals surface area (Å²) >= 11 is 0. The maximum absolute atomic E-state index is 3.99. The molecule has 44 valence electrons. The molecule has 0 unspecified atom stereocenters. The highest BCUT2D eigenvalue weighted by Gasteiger charge is 1.86. The lowest BCUT2D eigenvalue weighted by Crippen LogP contribution is -1.85. The molecule has 3 nitrogen and oxygen atoms in total. The fourth-order valence-corrected chi connectivity index (χ4v) is 0.542. The highest BCUT2D eigenvalue weighted by molar-refractivity contribution is 5.29. The molecule has 0 amide bonds. The lowest BCUT2D eigenvalue weighted by molar-refractivity contribution is 0.913. The van der Waals surface area contributed by atoms with E-state index in [1.54, 1.807) is 6.33 Å². The monoisotopic (exact) mass is 111 g/mol. The molecular weight excluding hydrogens is 102 g/mol. The predicted molar refractivity (Wildman–Crippen MR) is 32.8 cm³/mol. The average molecular weight is 111 g/mol. The number of nitrogens with zero attached hydrogens (tertiary/aromatic N) is 2. The zero-order valence-electron chi connectivity index (χ0n) is 5.05. The van der Waals surface area contributed by atoms with Crippen molar-refractivity contribution in [1.82, 2.24) is 9.55 Å². The lowest BCUT2D eigenvalue weighted by Gasteiger charge is -1.86. The van der Waals surface area contributed by atoms with E-state index in [0.717, 1.165) is 5.82 Å². The van der Waals surface area contributed by atoms with E-state index in [-0.39, 0.29) is 0 Å². The third kappa shape index (κ3) is 0.804. The first kappa shape index (κ1) is 5.15. The molecule has 0 fully saturated rings. The number of aromatic nitrogens is 2. The summed E-state index contributed by atoms with van der Waals surface area (Å²) in [6.45, 7) is 0. The van der Waals surface area contributed by atoms with Crippen LogP contribution >= 0.6 is 0 Å². The molecule has 1 N–H and O–H groups in total. The summed E-state index contributed by atoms with van der Waals surface area (Å²) in [6.07, 6.45) is 3.67. The van der Waals surface area contributed by atoms with E-state index in [1.807, 2.05) is 24.9 Å². The Bertz CT molecular complexity index is 168. The van der Waals surface area contributed by atoms with Gasteiger partial charge in [0.15, 0.2) is 0 Å². The van der Waals surface area contributed by atoms with Crippen molar-refractivity contribution in [3.63, 3.8) is 0 Å². The summed E-state index contributed by atoms with van der Waals surface area (Å²) in [5.41, 5.74) is 0. The van der Waals surface area contributed by atoms with Gasteiger partial charge in [0.25, 0.3) is 0 Å². The molecule has 1 aromatic rings. The van der Waals surface area contributed by atoms with E-state index in [9.17, 15) is 0 Å². The Balaban J connectivity index is 2.84. The molecule has 3 heteroatoms. The van der Waals surface area contributed by atoms with Gasteiger partial charge in [0.2, 0.25) is 0 Å². The van der Waals surface area contributed by atoms with E-state index in [1.165, 1.54) is 0 Å². The molecule has 0 spiro atoms. The van der Waals surface area contributed by atoms with Crippen molar-refractivity contribution in [2.75, 3.05) is 12.4 Å². The van der Waals surface area contributed by atoms with Crippen LogP contribution in [0, 0.1) is 0 Å². The Morgan fingerprint density at radius 2 is 2.50 bits per heavy atom. The largest absolute Gasteiger partial charge is 0.372 e. The molecule has 1 aromatic heterocycles. The fraction of sp³-hybridized carbons (Fsp3) is 0.400. The topological polar surface area (TPSA) is 29.9 Å². The molecule has 0 radical (unpaired) electrons. The van der Waals surface area contributed by atoms with Gasteiger partial charge in [-0.05, 0) is 0 Å². The van der Waals surface area contributed by atoms with Crippen molar-refractivity contribution in [2.45, 2.75) is 0 Å². The Morgan fingerprint density at radius 1 is 1.75 bits per heavy atom. The molecular formula is C5H9N3. The second-order valence-electron chi connectivity index (χ2n) is 1.67. The first-order chi connectivity index (χ1) is 3.83. The molecule has 0 saturated carbocycles. The molecule has 0 bridgehead atoms. The quantitative estimate of drug-likeness (QED) is 0.570. The summed E-state index contributed by atoms with van der Waals surface area (Å²) in [5.74, 6) is 0.910. The zero-order chi connectivity index (χ0) is 5.98. The van der Waals surface area contributed by atoms with E-state index in [4.69, 9.17) is 0 Å². The zero-order valence-corrected chi connectivity index (χ0v) is 5.05. The molecule has 1 heterocycles. The van der Waals surface area contributed by atoms with E-state index < -0.39 is 0 Å². The van der Waals surface area contributed by atoms with Crippen LogP contribution in [0.25, 0.3) is 0 Å². The molecule has 0 aromatic carbocycles. The predicted octanol–water partition coefficient (Wildman–Crippen LogP) is 0.462. The van der Waals surface area contributed by atoms with Gasteiger partial charge in [-0.25, -0.2) is 4.98 Å². The van der Waals surface area contributed by atoms with Crippen LogP contribution < -0.4 is 5.32 Å². The minimum absolute atomic E-state index is 0.910. The molecule has 0 aliphatic heterocycles. The fourth-order valence-electron chi connectivity index (χ4n) is 0.542. The highest BCUT2D eigenvalue weighted by Crippen LogP contribution is 1.96. The molecule has 0 aliphatic rings. The summed E-state index contributed by atoms with van der Waals surface area (Å²) in [4.78, 5) is 3.99. The number of nitrogens with one attached hydrogen (secondary N) is 1. The third-order valence-electron chi connectivity index (χ3n) is 0.961. The molecule has 0 atom stereocenters. The first-order valence-electron chi connectivity index (χ1n) is 2.48. The second-order valence-corrected chi connectivity index (χ2v) is 1.67. The van der Waals surface area contributed by atoms with Crippen molar-refractivity contribution in [1.29, 1.82) is 0 Å². The second kappa shape index (κ2) is 1.86. The van der Waals surface area contributed by atoms with Crippen LogP contribution in [-0.2, 0) is 7.05 Å². The Morgan fingerprint density at radius 3 is 2.75 bits per heavy atom. The van der Waals surface area contributed by atoms with Gasteiger partial charge in [-0.2, -0.15) is 0 Å². The number of imidazole rings is 1. The van der Waals surface area contributed by atoms with Gasteiger partial charge in [-0.3, -0.25) is 0 Å². The van der Waals surface area contributed by atoms with Crippen LogP contribution in [0.15, 0.2) is 12.5 Å². The number of hydrogen-bond acceptors (Lipinski definition) is 2. The third-order valence-corrected chi connectivity index (χ3v) is 0.961. The van der Waals surface area contributed by atoms with Crippen LogP contribution in [0.1, 0.15) is 0 Å². The number of aryl methyl sites for hydroxylation is 1. The Labute approximate surface area is 48.3 Å². The lowest BCUT2D eigenvalue weighted by atomic mass is 10.7. The number of anilines is 1. The van der Waals surface area contributed by atoms with Crippen molar-refractivity contribution in [3.8, 4) is 0 Å². The van der Waals surface area contributed by atoms with Gasteiger partial charge in [0.05, 0.1) is 6.33 Å². The number of hydrogen-bond donors (Lipinski definition) is 1. The summed E-state index contributed by atoms with van der Waals surface area (Å²) in [7, 11) is 3.79. The van der Waals surface area contributed by atoms with E-state index in [0.29, 0.717) is 0 Å². The van der Waals surface area contributed by atoms with Crippen molar-refractivity contribution in [3.05, 3.63) is 12.5 Å². The number of rotatable bonds is 1. The van der Waals surface area contributed by atoms with E-state index >= 15 is 0 Å². The van der Waals surface area contributed by atoms with Crippen LogP contribution in [0.4, 0.5) is 5.82 Å². The molecule has 1 rings (SSSR count). The Hall–Kier alpha value is -0.990. The van der Waals surface area contributed by atoms with Gasteiger partial charge < -0.3 is 9.88 Å². The van der Waals surface area contributed by atoms with Crippen LogP contribution in [0.2, 0.25) is 0 Å². The van der Waals surface area contributed by atoms with Crippen LogP contribution in [0.3, 0.4) is 0 Å². The Kier molecular flexibility index (Phi) is 1.20. The van der Waals surface area contributed by atoms with Gasteiger partial charge in [0.1, 0.15) is 5.82 Å². The maximum Gasteiger partial charge on any atom is 0.143 e. The maximum atomic E-state index is 3.99. The standard InChI is InChI=1S/C5H9N3/c1-6-5-3-8(2)4-7-5/h3-4,6H,1-2H3. The minimum atomic E-state index is 0.910. The minimum Gasteiger partial charge on any atom is -0.372 e. The summed E-state index contributed by atoms with van der Waals surface area (Å²) < 4.78 is 1.89. The molecule has 0 aliphatic carbocycles. The average Bonchev–Trinajstić information content (AvgIpc) is 2.14. The SMILES string of the molecule is CNc1cn(C)cn1. The van der Waals surface area contributed by atoms with Crippen LogP contribution in [-0.4, -0.2) is 16.6 Å². The molecule has 8 heavy (non-hydrogen) atoms. The van der Waals surface area contributed by atoms with Gasteiger partial charge in [-0.1, -0.05) is 0 Å². The highest BCUT2D eigenvalue weighted by atomic mass is 15.1.